The molecule has 0 unspecified atom stereocenters. The summed E-state index contributed by atoms with van der Waals surface area (Å²) in [4.78, 5) is 28.9. The maximum atomic E-state index is 14.1. The smallest absolute Gasteiger partial charge is 0.264 e. The Morgan fingerprint density at radius 2 is 1.46 bits per heavy atom. The second-order valence-electron chi connectivity index (χ2n) is 9.75. The number of hydrogen-bond acceptors (Lipinski definition) is 4. The van der Waals surface area contributed by atoms with E-state index in [0.717, 1.165) is 33.8 Å². The van der Waals surface area contributed by atoms with E-state index in [9.17, 15) is 18.0 Å². The van der Waals surface area contributed by atoms with Gasteiger partial charge in [0.2, 0.25) is 11.8 Å². The van der Waals surface area contributed by atoms with Crippen molar-refractivity contribution in [3.63, 3.8) is 0 Å². The van der Waals surface area contributed by atoms with Crippen LogP contribution in [0, 0.1) is 13.8 Å². The van der Waals surface area contributed by atoms with Gasteiger partial charge < -0.3 is 10.2 Å². The van der Waals surface area contributed by atoms with Crippen molar-refractivity contribution in [3.8, 4) is 0 Å². The third kappa shape index (κ3) is 7.93. The van der Waals surface area contributed by atoms with E-state index in [2.05, 4.69) is 5.32 Å². The molecule has 0 bridgehead atoms. The van der Waals surface area contributed by atoms with Crippen molar-refractivity contribution in [1.29, 1.82) is 0 Å². The van der Waals surface area contributed by atoms with Crippen LogP contribution < -0.4 is 9.62 Å². The fourth-order valence-electron chi connectivity index (χ4n) is 4.55. The predicted octanol–water partition coefficient (Wildman–Crippen LogP) is 5.22. The molecule has 0 aliphatic rings. The number of nitrogens with zero attached hydrogens (tertiary/aromatic N) is 2. The number of unbranched alkanes of at least 4 members (excludes halogenated alkanes) is 1. The molecule has 3 rings (SSSR count). The highest BCUT2D eigenvalue weighted by molar-refractivity contribution is 7.92. The minimum atomic E-state index is -4.07. The molecule has 0 aliphatic carbocycles. The van der Waals surface area contributed by atoms with Crippen molar-refractivity contribution >= 4 is 27.5 Å². The van der Waals surface area contributed by atoms with Gasteiger partial charge in [0, 0.05) is 13.1 Å². The zero-order valence-corrected chi connectivity index (χ0v) is 24.1. The quantitative estimate of drug-likeness (QED) is 0.296. The number of rotatable bonds is 13. The molecule has 8 heteroatoms. The lowest BCUT2D eigenvalue weighted by Crippen LogP contribution is -2.52. The maximum Gasteiger partial charge on any atom is 0.264 e. The van der Waals surface area contributed by atoms with Crippen molar-refractivity contribution in [2.24, 2.45) is 0 Å². The van der Waals surface area contributed by atoms with Crippen LogP contribution in [0.25, 0.3) is 0 Å². The zero-order chi connectivity index (χ0) is 28.4. The third-order valence-electron chi connectivity index (χ3n) is 6.52. The number of benzene rings is 3. The molecule has 208 valence electrons. The van der Waals surface area contributed by atoms with E-state index in [1.807, 2.05) is 64.1 Å². The Bertz CT molecular complexity index is 1320. The summed E-state index contributed by atoms with van der Waals surface area (Å²) in [5.74, 6) is -0.686. The van der Waals surface area contributed by atoms with Gasteiger partial charge in [0.05, 0.1) is 10.6 Å². The minimum Gasteiger partial charge on any atom is -0.354 e. The van der Waals surface area contributed by atoms with Crippen LogP contribution in [0.15, 0.2) is 83.8 Å². The van der Waals surface area contributed by atoms with Gasteiger partial charge in [-0.2, -0.15) is 0 Å². The van der Waals surface area contributed by atoms with E-state index >= 15 is 0 Å². The van der Waals surface area contributed by atoms with Gasteiger partial charge in [0.25, 0.3) is 10.0 Å². The van der Waals surface area contributed by atoms with Crippen molar-refractivity contribution in [2.45, 2.75) is 64.4 Å². The molecule has 0 aromatic heterocycles. The number of nitrogens with one attached hydrogen (secondary N) is 1. The average molecular weight is 550 g/mol. The van der Waals surface area contributed by atoms with Crippen LogP contribution in [-0.2, 0) is 26.2 Å². The van der Waals surface area contributed by atoms with Crippen LogP contribution in [0.5, 0.6) is 0 Å². The fourth-order valence-corrected chi connectivity index (χ4v) is 5.97. The molecule has 3 aromatic rings. The number of hydrogen-bond donors (Lipinski definition) is 1. The molecule has 3 aromatic carbocycles. The van der Waals surface area contributed by atoms with Crippen LogP contribution in [0.3, 0.4) is 0 Å². The first kappa shape index (κ1) is 29.9. The van der Waals surface area contributed by atoms with Gasteiger partial charge in [0.15, 0.2) is 0 Å². The Labute approximate surface area is 232 Å². The topological polar surface area (TPSA) is 86.8 Å². The van der Waals surface area contributed by atoms with Gasteiger partial charge in [-0.15, -0.1) is 0 Å². The van der Waals surface area contributed by atoms with Gasteiger partial charge in [-0.1, -0.05) is 74.9 Å². The molecule has 1 atom stereocenters. The number of aryl methyl sites for hydroxylation is 2. The number of sulfonamides is 1. The van der Waals surface area contributed by atoms with Gasteiger partial charge in [-0.25, -0.2) is 8.42 Å². The molecule has 2 amide bonds. The van der Waals surface area contributed by atoms with E-state index in [1.165, 1.54) is 17.0 Å². The van der Waals surface area contributed by atoms with Crippen LogP contribution in [0.2, 0.25) is 0 Å². The molecule has 0 heterocycles. The summed E-state index contributed by atoms with van der Waals surface area (Å²) >= 11 is 0. The van der Waals surface area contributed by atoms with Crippen molar-refractivity contribution in [3.05, 3.63) is 95.6 Å². The molecule has 39 heavy (non-hydrogen) atoms. The summed E-state index contributed by atoms with van der Waals surface area (Å²) < 4.78 is 28.9. The molecule has 0 fully saturated rings. The first-order valence-corrected chi connectivity index (χ1v) is 14.9. The fraction of sp³-hybridized carbons (Fsp3) is 0.355. The largest absolute Gasteiger partial charge is 0.354 e. The second-order valence-corrected chi connectivity index (χ2v) is 11.6. The van der Waals surface area contributed by atoms with Crippen LogP contribution >= 0.6 is 0 Å². The lowest BCUT2D eigenvalue weighted by molar-refractivity contribution is -0.140. The standard InChI is InChI=1S/C31H39N3O4S/c1-5-7-18-32-31(36)29(6-2)33(22-26-14-10-8-11-15-26)30(35)23-34(27-20-24(3)19-25(4)21-27)39(37,38)28-16-12-9-13-17-28/h8-17,19-21,29H,5-7,18,22-23H2,1-4H3,(H,32,36)/t29-/m0/s1. The Balaban J connectivity index is 2.04. The van der Waals surface area contributed by atoms with E-state index in [-0.39, 0.29) is 17.3 Å². The summed E-state index contributed by atoms with van der Waals surface area (Å²) in [5.41, 5.74) is 3.03. The lowest BCUT2D eigenvalue weighted by Gasteiger charge is -2.33. The van der Waals surface area contributed by atoms with Crippen molar-refractivity contribution in [2.75, 3.05) is 17.4 Å². The number of carbonyl (C=O) groups excluding carboxylic acids is 2. The normalized spacial score (nSPS) is 12.0. The predicted molar refractivity (Wildman–Crippen MR) is 156 cm³/mol. The lowest BCUT2D eigenvalue weighted by atomic mass is 10.1. The zero-order valence-electron chi connectivity index (χ0n) is 23.3. The molecule has 0 saturated heterocycles. The van der Waals surface area contributed by atoms with Gasteiger partial charge in [0.1, 0.15) is 12.6 Å². The Kier molecular flexibility index (Phi) is 10.7. The number of amides is 2. The van der Waals surface area contributed by atoms with Crippen molar-refractivity contribution < 1.29 is 18.0 Å². The van der Waals surface area contributed by atoms with E-state index in [0.29, 0.717) is 18.7 Å². The Morgan fingerprint density at radius 3 is 2.03 bits per heavy atom. The van der Waals surface area contributed by atoms with E-state index in [1.54, 1.807) is 30.3 Å². The van der Waals surface area contributed by atoms with Crippen LogP contribution in [0.4, 0.5) is 5.69 Å². The number of anilines is 1. The third-order valence-corrected chi connectivity index (χ3v) is 8.30. The summed E-state index contributed by atoms with van der Waals surface area (Å²) in [6, 6.07) is 22.3. The Morgan fingerprint density at radius 1 is 0.872 bits per heavy atom. The highest BCUT2D eigenvalue weighted by Crippen LogP contribution is 2.27. The van der Waals surface area contributed by atoms with Crippen LogP contribution in [0.1, 0.15) is 49.8 Å². The van der Waals surface area contributed by atoms with Gasteiger partial charge in [-0.05, 0) is 67.6 Å². The summed E-state index contributed by atoms with van der Waals surface area (Å²) in [7, 11) is -4.07. The molecular formula is C31H39N3O4S. The molecule has 0 radical (unpaired) electrons. The van der Waals surface area contributed by atoms with Gasteiger partial charge >= 0.3 is 0 Å². The molecule has 0 saturated carbocycles. The summed E-state index contributed by atoms with van der Waals surface area (Å²) in [5, 5.41) is 2.95. The molecular weight excluding hydrogens is 510 g/mol. The number of carbonyl (C=O) groups is 2. The molecule has 0 aliphatic heterocycles. The summed E-state index contributed by atoms with van der Waals surface area (Å²) in [6.45, 7) is 7.96. The second kappa shape index (κ2) is 13.9. The SMILES string of the molecule is CCCCNC(=O)[C@H](CC)N(Cc1ccccc1)C(=O)CN(c1cc(C)cc(C)c1)S(=O)(=O)c1ccccc1. The maximum absolute atomic E-state index is 14.1. The van der Waals surface area contributed by atoms with Crippen molar-refractivity contribution in [1.82, 2.24) is 10.2 Å². The highest BCUT2D eigenvalue weighted by atomic mass is 32.2. The highest BCUT2D eigenvalue weighted by Gasteiger charge is 2.33. The monoisotopic (exact) mass is 549 g/mol. The van der Waals surface area contributed by atoms with Crippen LogP contribution in [-0.4, -0.2) is 44.3 Å². The van der Waals surface area contributed by atoms with Gasteiger partial charge in [-0.3, -0.25) is 13.9 Å². The van der Waals surface area contributed by atoms with E-state index in [4.69, 9.17) is 0 Å². The first-order valence-electron chi connectivity index (χ1n) is 13.4. The Hall–Kier alpha value is -3.65. The first-order chi connectivity index (χ1) is 18.7. The molecule has 1 N–H and O–H groups in total. The molecule has 0 spiro atoms. The average Bonchev–Trinajstić information content (AvgIpc) is 2.92. The molecule has 7 nitrogen and oxygen atoms in total. The minimum absolute atomic E-state index is 0.0934. The summed E-state index contributed by atoms with van der Waals surface area (Å²) in [6.07, 6.45) is 2.17. The van der Waals surface area contributed by atoms with E-state index < -0.39 is 28.5 Å².